The van der Waals surface area contributed by atoms with Crippen LogP contribution in [0.5, 0.6) is 0 Å². The number of aromatic amines is 2. The van der Waals surface area contributed by atoms with E-state index in [1.807, 2.05) is 54.5 Å². The number of rotatable bonds is 6. The first-order valence-corrected chi connectivity index (χ1v) is 13.9. The average molecular weight is 529 g/mol. The molecule has 2 saturated heterocycles. The molecular weight excluding hydrogens is 500 g/mol. The molecule has 0 aliphatic carbocycles. The average Bonchev–Trinajstić information content (AvgIpc) is 3.62. The van der Waals surface area contributed by atoms with Crippen molar-refractivity contribution in [1.82, 2.24) is 34.6 Å². The number of aromatic nitrogens is 6. The van der Waals surface area contributed by atoms with Crippen molar-refractivity contribution >= 4 is 62.9 Å². The van der Waals surface area contributed by atoms with E-state index in [0.717, 1.165) is 76.9 Å². The van der Waals surface area contributed by atoms with Crippen molar-refractivity contribution in [2.75, 3.05) is 60.3 Å². The fourth-order valence-electron chi connectivity index (χ4n) is 5.01. The Labute approximate surface area is 223 Å². The normalized spacial score (nSPS) is 16.7. The number of piperazine rings is 1. The highest BCUT2D eigenvalue weighted by atomic mass is 32.2. The van der Waals surface area contributed by atoms with Crippen LogP contribution in [0.4, 0.5) is 23.3 Å². The maximum Gasteiger partial charge on any atom is 0.257 e. The lowest BCUT2D eigenvalue weighted by Gasteiger charge is -2.35. The number of H-pyrrole nitrogens is 2. The Bertz CT molecular complexity index is 1630. The van der Waals surface area contributed by atoms with E-state index in [9.17, 15) is 4.79 Å². The SMILES string of the molecule is CN1CCN(c2cc3nc(Nc4nccn4C4CSC4)[nH]c3cc2C(=O)Nc2ccc3[nH]ncc3c2)CC1. The number of imidazole rings is 2. The van der Waals surface area contributed by atoms with E-state index in [1.54, 1.807) is 6.20 Å². The summed E-state index contributed by atoms with van der Waals surface area (Å²) in [5, 5.41) is 14.4. The number of thioether (sulfide) groups is 1. The number of carbonyl (C=O) groups excluding carboxylic acids is 1. The van der Waals surface area contributed by atoms with Gasteiger partial charge in [-0.25, -0.2) is 9.97 Å². The molecule has 4 N–H and O–H groups in total. The van der Waals surface area contributed by atoms with E-state index in [4.69, 9.17) is 4.98 Å². The Kier molecular flexibility index (Phi) is 5.70. The monoisotopic (exact) mass is 528 g/mol. The number of amides is 1. The Morgan fingerprint density at radius 2 is 1.97 bits per heavy atom. The number of fused-ring (bicyclic) bond motifs is 2. The molecule has 5 heterocycles. The second kappa shape index (κ2) is 9.37. The molecule has 0 radical (unpaired) electrons. The minimum absolute atomic E-state index is 0.161. The van der Waals surface area contributed by atoms with Crippen molar-refractivity contribution < 1.29 is 4.79 Å². The zero-order valence-corrected chi connectivity index (χ0v) is 21.8. The zero-order chi connectivity index (χ0) is 25.6. The molecule has 1 amide bonds. The minimum atomic E-state index is -0.161. The van der Waals surface area contributed by atoms with Gasteiger partial charge >= 0.3 is 0 Å². The summed E-state index contributed by atoms with van der Waals surface area (Å²) in [6, 6.07) is 10.1. The largest absolute Gasteiger partial charge is 0.368 e. The van der Waals surface area contributed by atoms with E-state index in [0.29, 0.717) is 17.6 Å². The van der Waals surface area contributed by atoms with Gasteiger partial charge in [-0.1, -0.05) is 0 Å². The van der Waals surface area contributed by atoms with Crippen LogP contribution in [-0.4, -0.2) is 85.3 Å². The van der Waals surface area contributed by atoms with Crippen molar-refractivity contribution in [3.8, 4) is 0 Å². The predicted octanol–water partition coefficient (Wildman–Crippen LogP) is 3.67. The fraction of sp³-hybridized carbons (Fsp3) is 0.308. The molecule has 0 saturated carbocycles. The maximum atomic E-state index is 13.6. The quantitative estimate of drug-likeness (QED) is 0.263. The van der Waals surface area contributed by atoms with Gasteiger partial charge < -0.3 is 24.7 Å². The summed E-state index contributed by atoms with van der Waals surface area (Å²) >= 11 is 1.93. The summed E-state index contributed by atoms with van der Waals surface area (Å²) in [7, 11) is 2.12. The van der Waals surface area contributed by atoms with Crippen molar-refractivity contribution in [3.63, 3.8) is 0 Å². The highest BCUT2D eigenvalue weighted by Gasteiger charge is 2.24. The Balaban J connectivity index is 1.22. The van der Waals surface area contributed by atoms with Gasteiger partial charge in [0.05, 0.1) is 40.0 Å². The number of nitrogens with zero attached hydrogens (tertiary/aromatic N) is 6. The molecule has 3 aromatic heterocycles. The topological polar surface area (TPSA) is 123 Å². The van der Waals surface area contributed by atoms with Gasteiger partial charge in [0.1, 0.15) is 0 Å². The van der Waals surface area contributed by atoms with Gasteiger partial charge in [-0.05, 0) is 37.4 Å². The third-order valence-electron chi connectivity index (χ3n) is 7.30. The number of hydrogen-bond donors (Lipinski definition) is 4. The third kappa shape index (κ3) is 4.25. The minimum Gasteiger partial charge on any atom is -0.368 e. The van der Waals surface area contributed by atoms with Crippen LogP contribution in [0, 0.1) is 0 Å². The van der Waals surface area contributed by atoms with E-state index in [-0.39, 0.29) is 5.91 Å². The molecule has 11 nitrogen and oxygen atoms in total. The van der Waals surface area contributed by atoms with E-state index < -0.39 is 0 Å². The lowest BCUT2D eigenvalue weighted by molar-refractivity contribution is 0.102. The Morgan fingerprint density at radius 1 is 1.11 bits per heavy atom. The van der Waals surface area contributed by atoms with Crippen LogP contribution in [0.1, 0.15) is 16.4 Å². The Hall–Kier alpha value is -4.03. The lowest BCUT2D eigenvalue weighted by Crippen LogP contribution is -2.45. The summed E-state index contributed by atoms with van der Waals surface area (Å²) in [5.74, 6) is 3.38. The first kappa shape index (κ1) is 23.1. The standard InChI is InChI=1S/C26H28N10OS/c1-34-6-8-35(9-7-34)23-12-22-21(30-25(31-22)32-26-27-4-5-36(26)18-14-38-15-18)11-19(23)24(37)29-17-2-3-20-16(10-17)13-28-33-20/h2-5,10-13,18H,6-9,14-15H2,1H3,(H,28,33)(H,29,37)(H2,27,30,31,32). The highest BCUT2D eigenvalue weighted by Crippen LogP contribution is 2.33. The molecule has 7 rings (SSSR count). The lowest BCUT2D eigenvalue weighted by atomic mass is 10.1. The molecule has 2 fully saturated rings. The van der Waals surface area contributed by atoms with Gasteiger partial charge in [0.2, 0.25) is 11.9 Å². The first-order chi connectivity index (χ1) is 18.6. The molecule has 0 atom stereocenters. The van der Waals surface area contributed by atoms with E-state index in [1.165, 1.54) is 0 Å². The van der Waals surface area contributed by atoms with Crippen molar-refractivity contribution in [2.24, 2.45) is 0 Å². The van der Waals surface area contributed by atoms with Crippen LogP contribution in [-0.2, 0) is 0 Å². The van der Waals surface area contributed by atoms with Gasteiger partial charge in [0, 0.05) is 61.2 Å². The molecule has 38 heavy (non-hydrogen) atoms. The van der Waals surface area contributed by atoms with E-state index in [2.05, 4.69) is 52.2 Å². The van der Waals surface area contributed by atoms with Gasteiger partial charge in [-0.2, -0.15) is 16.9 Å². The molecule has 12 heteroatoms. The van der Waals surface area contributed by atoms with Crippen LogP contribution in [0.15, 0.2) is 48.9 Å². The molecule has 2 aliphatic rings. The smallest absolute Gasteiger partial charge is 0.257 e. The second-order valence-electron chi connectivity index (χ2n) is 9.86. The molecule has 0 unspecified atom stereocenters. The van der Waals surface area contributed by atoms with Crippen molar-refractivity contribution in [2.45, 2.75) is 6.04 Å². The number of carbonyl (C=O) groups is 1. The second-order valence-corrected chi connectivity index (χ2v) is 10.9. The molecule has 2 aromatic carbocycles. The zero-order valence-electron chi connectivity index (χ0n) is 20.9. The van der Waals surface area contributed by atoms with Gasteiger partial charge in [-0.3, -0.25) is 15.2 Å². The molecule has 5 aromatic rings. The molecule has 2 aliphatic heterocycles. The third-order valence-corrected chi connectivity index (χ3v) is 8.54. The van der Waals surface area contributed by atoms with Crippen LogP contribution in [0.25, 0.3) is 21.9 Å². The van der Waals surface area contributed by atoms with Crippen LogP contribution in [0.2, 0.25) is 0 Å². The number of anilines is 4. The molecule has 0 spiro atoms. The van der Waals surface area contributed by atoms with Crippen molar-refractivity contribution in [3.05, 3.63) is 54.5 Å². The van der Waals surface area contributed by atoms with Gasteiger partial charge in [0.25, 0.3) is 5.91 Å². The summed E-state index contributed by atoms with van der Waals surface area (Å²) < 4.78 is 2.16. The maximum absolute atomic E-state index is 13.6. The Morgan fingerprint density at radius 3 is 2.79 bits per heavy atom. The number of nitrogens with one attached hydrogen (secondary N) is 4. The predicted molar refractivity (Wildman–Crippen MR) is 152 cm³/mol. The van der Waals surface area contributed by atoms with Crippen molar-refractivity contribution in [1.29, 1.82) is 0 Å². The number of benzene rings is 2. The number of hydrogen-bond acceptors (Lipinski definition) is 8. The van der Waals surface area contributed by atoms with Crippen LogP contribution in [0.3, 0.4) is 0 Å². The van der Waals surface area contributed by atoms with Crippen LogP contribution >= 0.6 is 11.8 Å². The van der Waals surface area contributed by atoms with Crippen LogP contribution < -0.4 is 15.5 Å². The highest BCUT2D eigenvalue weighted by molar-refractivity contribution is 8.00. The van der Waals surface area contributed by atoms with E-state index >= 15 is 0 Å². The number of likely N-dealkylation sites (N-methyl/N-ethyl adjacent to an activating group) is 1. The molecule has 0 bridgehead atoms. The molecule has 194 valence electrons. The first-order valence-electron chi connectivity index (χ1n) is 12.7. The molecular formula is C26H28N10OS. The summed E-state index contributed by atoms with van der Waals surface area (Å²) in [5.41, 5.74) is 4.74. The van der Waals surface area contributed by atoms with Gasteiger partial charge in [-0.15, -0.1) is 0 Å². The van der Waals surface area contributed by atoms with Gasteiger partial charge in [0.15, 0.2) is 0 Å². The fourth-order valence-corrected chi connectivity index (χ4v) is 5.78. The summed E-state index contributed by atoms with van der Waals surface area (Å²) in [6.45, 7) is 3.56. The summed E-state index contributed by atoms with van der Waals surface area (Å²) in [4.78, 5) is 30.9. The summed E-state index contributed by atoms with van der Waals surface area (Å²) in [6.07, 6.45) is 5.56.